The molecule has 1 N–H and O–H groups in total. The zero-order valence-electron chi connectivity index (χ0n) is 21.1. The number of H-pyrrole nitrogens is 1. The number of aromatic amines is 1. The molecule has 7 nitrogen and oxygen atoms in total. The molecule has 0 radical (unpaired) electrons. The van der Waals surface area contributed by atoms with Crippen LogP contribution in [0.25, 0.3) is 27.6 Å². The van der Waals surface area contributed by atoms with Crippen molar-refractivity contribution < 1.29 is 9.21 Å². The average Bonchev–Trinajstić information content (AvgIpc) is 2.88. The van der Waals surface area contributed by atoms with Crippen LogP contribution in [0.15, 0.2) is 74.7 Å². The first-order valence-corrected chi connectivity index (χ1v) is 12.4. The highest BCUT2D eigenvalue weighted by atomic mass is 16.4. The van der Waals surface area contributed by atoms with Crippen LogP contribution in [-0.4, -0.2) is 41.8 Å². The number of benzene rings is 2. The number of hydrogen-bond acceptors (Lipinski definition) is 6. The van der Waals surface area contributed by atoms with Crippen LogP contribution in [-0.2, 0) is 0 Å². The number of fused-ring (bicyclic) bond motifs is 2. The quantitative estimate of drug-likeness (QED) is 0.203. The van der Waals surface area contributed by atoms with E-state index >= 15 is 0 Å². The van der Waals surface area contributed by atoms with E-state index in [0.29, 0.717) is 48.7 Å². The molecule has 4 aromatic rings. The summed E-state index contributed by atoms with van der Waals surface area (Å²) in [5.41, 5.74) is 2.35. The van der Waals surface area contributed by atoms with Crippen molar-refractivity contribution in [3.8, 4) is 0 Å². The maximum absolute atomic E-state index is 13.9. The SMILES string of the molecule is CCN(CC)/C(=C\C(=O)c1c(N(CC)CC)c2ccccc2oc1=O)c1ccc2ccc(=O)[nH]c2c1. The monoisotopic (exact) mass is 485 g/mol. The van der Waals surface area contributed by atoms with Gasteiger partial charge >= 0.3 is 5.63 Å². The van der Waals surface area contributed by atoms with Crippen LogP contribution in [0.5, 0.6) is 0 Å². The average molecular weight is 486 g/mol. The Morgan fingerprint density at radius 1 is 0.917 bits per heavy atom. The van der Waals surface area contributed by atoms with Gasteiger partial charge in [-0.1, -0.05) is 24.3 Å². The first-order valence-electron chi connectivity index (χ1n) is 12.4. The number of aromatic nitrogens is 1. The lowest BCUT2D eigenvalue weighted by Gasteiger charge is -2.26. The minimum atomic E-state index is -0.654. The number of ketones is 1. The molecule has 0 aliphatic rings. The third-order valence-corrected chi connectivity index (χ3v) is 6.50. The molecule has 0 spiro atoms. The van der Waals surface area contributed by atoms with E-state index in [1.165, 1.54) is 12.1 Å². The van der Waals surface area contributed by atoms with Crippen molar-refractivity contribution in [1.29, 1.82) is 0 Å². The molecule has 2 aromatic carbocycles. The van der Waals surface area contributed by atoms with E-state index < -0.39 is 11.4 Å². The van der Waals surface area contributed by atoms with Crippen LogP contribution in [0.1, 0.15) is 43.6 Å². The largest absolute Gasteiger partial charge is 0.422 e. The van der Waals surface area contributed by atoms with E-state index in [4.69, 9.17) is 4.42 Å². The van der Waals surface area contributed by atoms with Crippen molar-refractivity contribution in [3.05, 3.63) is 92.6 Å². The van der Waals surface area contributed by atoms with Crippen LogP contribution in [0.4, 0.5) is 5.69 Å². The zero-order chi connectivity index (χ0) is 25.8. The van der Waals surface area contributed by atoms with Crippen molar-refractivity contribution in [2.24, 2.45) is 0 Å². The minimum Gasteiger partial charge on any atom is -0.422 e. The van der Waals surface area contributed by atoms with E-state index in [-0.39, 0.29) is 11.1 Å². The normalized spacial score (nSPS) is 11.7. The summed E-state index contributed by atoms with van der Waals surface area (Å²) in [5.74, 6) is -0.417. The van der Waals surface area contributed by atoms with Gasteiger partial charge in [0, 0.05) is 60.5 Å². The van der Waals surface area contributed by atoms with Gasteiger partial charge in [-0.2, -0.15) is 0 Å². The van der Waals surface area contributed by atoms with Gasteiger partial charge < -0.3 is 19.2 Å². The van der Waals surface area contributed by atoms with Gasteiger partial charge in [-0.25, -0.2) is 4.79 Å². The van der Waals surface area contributed by atoms with Gasteiger partial charge in [-0.3, -0.25) is 9.59 Å². The summed E-state index contributed by atoms with van der Waals surface area (Å²) in [6.07, 6.45) is 1.52. The first-order chi connectivity index (χ1) is 17.4. The van der Waals surface area contributed by atoms with Gasteiger partial charge in [0.05, 0.1) is 5.69 Å². The Balaban J connectivity index is 1.95. The number of hydrogen-bond donors (Lipinski definition) is 1. The van der Waals surface area contributed by atoms with Crippen LogP contribution < -0.4 is 16.1 Å². The highest BCUT2D eigenvalue weighted by Gasteiger charge is 2.24. The van der Waals surface area contributed by atoms with Crippen LogP contribution >= 0.6 is 0 Å². The third kappa shape index (κ3) is 4.69. The van der Waals surface area contributed by atoms with Gasteiger partial charge in [0.15, 0.2) is 5.78 Å². The molecule has 0 atom stereocenters. The topological polar surface area (TPSA) is 86.6 Å². The second-order valence-corrected chi connectivity index (χ2v) is 8.47. The molecule has 2 aromatic heterocycles. The summed E-state index contributed by atoms with van der Waals surface area (Å²) in [5, 5.41) is 1.62. The summed E-state index contributed by atoms with van der Waals surface area (Å²) >= 11 is 0. The molecule has 2 heterocycles. The second kappa shape index (κ2) is 10.6. The first kappa shape index (κ1) is 25.0. The summed E-state index contributed by atoms with van der Waals surface area (Å²) in [6.45, 7) is 10.6. The van der Waals surface area contributed by atoms with E-state index in [9.17, 15) is 14.4 Å². The molecular formula is C29H31N3O4. The fraction of sp³-hybridized carbons (Fsp3) is 0.276. The van der Waals surface area contributed by atoms with E-state index in [0.717, 1.165) is 16.3 Å². The number of para-hydroxylation sites is 1. The van der Waals surface area contributed by atoms with Gasteiger partial charge in [0.2, 0.25) is 5.56 Å². The molecule has 0 fully saturated rings. The standard InChI is InChI=1S/C29H31N3O4/c1-5-31(6-2)23(20-14-13-19-15-16-26(34)30-22(19)17-20)18-24(33)27-28(32(7-3)8-4)21-11-9-10-12-25(21)36-29(27)35/h9-18H,5-8H2,1-4H3,(H,30,34)/b23-18-. The highest BCUT2D eigenvalue weighted by Crippen LogP contribution is 2.30. The minimum absolute atomic E-state index is 0.0243. The molecular weight excluding hydrogens is 454 g/mol. The fourth-order valence-electron chi connectivity index (χ4n) is 4.65. The van der Waals surface area contributed by atoms with Gasteiger partial charge in [-0.05, 0) is 57.3 Å². The highest BCUT2D eigenvalue weighted by molar-refractivity contribution is 6.15. The van der Waals surface area contributed by atoms with Crippen molar-refractivity contribution in [2.75, 3.05) is 31.1 Å². The molecule has 4 rings (SSSR count). The molecule has 7 heteroatoms. The number of allylic oxidation sites excluding steroid dienone is 1. The Morgan fingerprint density at radius 3 is 2.31 bits per heavy atom. The Morgan fingerprint density at radius 2 is 1.61 bits per heavy atom. The molecule has 0 aliphatic carbocycles. The fourth-order valence-corrected chi connectivity index (χ4v) is 4.65. The summed E-state index contributed by atoms with van der Waals surface area (Å²) in [6, 6.07) is 16.2. The molecule has 0 unspecified atom stereocenters. The summed E-state index contributed by atoms with van der Waals surface area (Å²) < 4.78 is 5.58. The van der Waals surface area contributed by atoms with E-state index in [1.54, 1.807) is 18.2 Å². The Kier molecular flexibility index (Phi) is 7.38. The Bertz CT molecular complexity index is 1560. The van der Waals surface area contributed by atoms with Gasteiger partial charge in [0.25, 0.3) is 0 Å². The number of nitrogens with one attached hydrogen (secondary N) is 1. The molecule has 0 aliphatic heterocycles. The van der Waals surface area contributed by atoms with Gasteiger partial charge in [0.1, 0.15) is 11.1 Å². The summed E-state index contributed by atoms with van der Waals surface area (Å²) in [4.78, 5) is 45.8. The number of nitrogens with zero attached hydrogens (tertiary/aromatic N) is 2. The number of rotatable bonds is 9. The smallest absolute Gasteiger partial charge is 0.349 e. The second-order valence-electron chi connectivity index (χ2n) is 8.47. The summed E-state index contributed by atoms with van der Waals surface area (Å²) in [7, 11) is 0. The number of carbonyl (C=O) groups excluding carboxylic acids is 1. The maximum atomic E-state index is 13.9. The van der Waals surface area contributed by atoms with Gasteiger partial charge in [-0.15, -0.1) is 0 Å². The lowest BCUT2D eigenvalue weighted by Crippen LogP contribution is -2.28. The Labute approximate surface area is 209 Å². The number of carbonyl (C=O) groups is 1. The number of pyridine rings is 1. The molecule has 0 amide bonds. The predicted octanol–water partition coefficient (Wildman–Crippen LogP) is 5.05. The lowest BCUT2D eigenvalue weighted by atomic mass is 10.0. The van der Waals surface area contributed by atoms with E-state index in [2.05, 4.69) is 9.88 Å². The molecule has 0 saturated heterocycles. The van der Waals surface area contributed by atoms with Crippen molar-refractivity contribution in [2.45, 2.75) is 27.7 Å². The molecule has 186 valence electrons. The van der Waals surface area contributed by atoms with Crippen LogP contribution in [0.2, 0.25) is 0 Å². The van der Waals surface area contributed by atoms with Crippen molar-refractivity contribution in [3.63, 3.8) is 0 Å². The van der Waals surface area contributed by atoms with Crippen molar-refractivity contribution in [1.82, 2.24) is 9.88 Å². The lowest BCUT2D eigenvalue weighted by molar-refractivity contribution is 0.104. The zero-order valence-corrected chi connectivity index (χ0v) is 21.1. The molecule has 0 saturated carbocycles. The molecule has 36 heavy (non-hydrogen) atoms. The van der Waals surface area contributed by atoms with Crippen LogP contribution in [0, 0.1) is 0 Å². The molecule has 0 bridgehead atoms. The van der Waals surface area contributed by atoms with Crippen LogP contribution in [0.3, 0.4) is 0 Å². The Hall–Kier alpha value is -4.13. The number of anilines is 1. The predicted molar refractivity (Wildman–Crippen MR) is 146 cm³/mol. The van der Waals surface area contributed by atoms with Crippen molar-refractivity contribution >= 4 is 39.0 Å². The third-order valence-electron chi connectivity index (χ3n) is 6.50. The maximum Gasteiger partial charge on any atom is 0.349 e. The van der Waals surface area contributed by atoms with E-state index in [1.807, 2.05) is 62.9 Å².